The first-order chi connectivity index (χ1) is 17.8. The van der Waals surface area contributed by atoms with Gasteiger partial charge in [0.05, 0.1) is 22.9 Å². The van der Waals surface area contributed by atoms with Crippen LogP contribution in [0.2, 0.25) is 0 Å². The molecule has 0 radical (unpaired) electrons. The van der Waals surface area contributed by atoms with Gasteiger partial charge in [-0.3, -0.25) is 4.79 Å². The summed E-state index contributed by atoms with van der Waals surface area (Å²) in [6.45, 7) is 3.97. The van der Waals surface area contributed by atoms with Crippen molar-refractivity contribution in [3.63, 3.8) is 0 Å². The lowest BCUT2D eigenvalue weighted by Gasteiger charge is -2.10. The summed E-state index contributed by atoms with van der Waals surface area (Å²) in [4.78, 5) is 28.6. The molecule has 0 spiro atoms. The Kier molecular flexibility index (Phi) is 7.68. The lowest BCUT2D eigenvalue weighted by Crippen LogP contribution is -2.35. The van der Waals surface area contributed by atoms with E-state index in [0.29, 0.717) is 28.2 Å². The van der Waals surface area contributed by atoms with Crippen LogP contribution in [0.15, 0.2) is 72.8 Å². The molecule has 0 saturated heterocycles. The average molecular weight is 502 g/mol. The molecule has 1 heterocycles. The Bertz CT molecular complexity index is 1400. The second-order valence-electron chi connectivity index (χ2n) is 8.39. The predicted octanol–water partition coefficient (Wildman–Crippen LogP) is 3.88. The van der Waals surface area contributed by atoms with Crippen LogP contribution in [0, 0.1) is 0 Å². The predicted molar refractivity (Wildman–Crippen MR) is 138 cm³/mol. The van der Waals surface area contributed by atoms with Gasteiger partial charge in [-0.2, -0.15) is 0 Å². The highest BCUT2D eigenvalue weighted by atomic mass is 16.6. The number of carbonyl (C=O) groups is 2. The van der Waals surface area contributed by atoms with Crippen LogP contribution in [0.1, 0.15) is 24.2 Å². The van der Waals surface area contributed by atoms with E-state index in [1.165, 1.54) is 0 Å². The van der Waals surface area contributed by atoms with Crippen molar-refractivity contribution in [1.29, 1.82) is 0 Å². The van der Waals surface area contributed by atoms with Gasteiger partial charge in [-0.15, -0.1) is 5.10 Å². The number of phenolic OH excluding ortho intramolecular Hbond substituents is 2. The van der Waals surface area contributed by atoms with E-state index >= 15 is 0 Å². The van der Waals surface area contributed by atoms with Crippen molar-refractivity contribution in [2.45, 2.75) is 20.0 Å². The van der Waals surface area contributed by atoms with Crippen LogP contribution >= 0.6 is 0 Å². The fourth-order valence-electron chi connectivity index (χ4n) is 3.56. The zero-order chi connectivity index (χ0) is 26.4. The number of phenols is 2. The van der Waals surface area contributed by atoms with Gasteiger partial charge in [-0.05, 0) is 62.4 Å². The van der Waals surface area contributed by atoms with Gasteiger partial charge in [0.25, 0.3) is 5.91 Å². The van der Waals surface area contributed by atoms with E-state index in [0.717, 1.165) is 0 Å². The molecule has 0 bridgehead atoms. The molecule has 0 fully saturated rings. The third-order valence-corrected chi connectivity index (χ3v) is 5.29. The molecule has 0 aliphatic carbocycles. The molecule has 0 atom stereocenters. The normalized spacial score (nSPS) is 10.8. The number of alkyl carbamates (subject to hydrolysis) is 1. The lowest BCUT2D eigenvalue weighted by atomic mass is 10.1. The molecule has 0 aliphatic rings. The van der Waals surface area contributed by atoms with Gasteiger partial charge in [0, 0.05) is 18.7 Å². The van der Waals surface area contributed by atoms with Crippen molar-refractivity contribution >= 4 is 12.0 Å². The fourth-order valence-corrected chi connectivity index (χ4v) is 3.56. The second-order valence-corrected chi connectivity index (χ2v) is 8.39. The van der Waals surface area contributed by atoms with Crippen LogP contribution in [-0.2, 0) is 4.74 Å². The summed E-state index contributed by atoms with van der Waals surface area (Å²) in [6, 6.07) is 20.2. The van der Waals surface area contributed by atoms with Gasteiger partial charge >= 0.3 is 6.09 Å². The largest absolute Gasteiger partial charge is 0.507 e. The van der Waals surface area contributed by atoms with Crippen molar-refractivity contribution < 1.29 is 24.5 Å². The quantitative estimate of drug-likeness (QED) is 0.269. The van der Waals surface area contributed by atoms with Crippen molar-refractivity contribution in [1.82, 2.24) is 25.4 Å². The van der Waals surface area contributed by atoms with Crippen molar-refractivity contribution in [2.24, 2.45) is 0 Å². The molecule has 10 nitrogen and oxygen atoms in total. The first-order valence-electron chi connectivity index (χ1n) is 11.7. The van der Waals surface area contributed by atoms with Crippen LogP contribution in [0.4, 0.5) is 4.79 Å². The van der Waals surface area contributed by atoms with E-state index in [1.54, 1.807) is 91.3 Å². The minimum Gasteiger partial charge on any atom is -0.507 e. The van der Waals surface area contributed by atoms with E-state index < -0.39 is 6.09 Å². The van der Waals surface area contributed by atoms with Gasteiger partial charge in [0.15, 0.2) is 11.6 Å². The van der Waals surface area contributed by atoms with E-state index in [1.807, 2.05) is 0 Å². The van der Waals surface area contributed by atoms with Gasteiger partial charge in [-0.25, -0.2) is 14.5 Å². The van der Waals surface area contributed by atoms with Crippen LogP contribution in [0.3, 0.4) is 0 Å². The minimum atomic E-state index is -0.537. The zero-order valence-electron chi connectivity index (χ0n) is 20.4. The number of nitrogens with one attached hydrogen (secondary N) is 2. The number of amides is 2. The number of hydrogen-bond acceptors (Lipinski definition) is 7. The van der Waals surface area contributed by atoms with Crippen LogP contribution in [-0.4, -0.2) is 56.2 Å². The van der Waals surface area contributed by atoms with Crippen molar-refractivity contribution in [2.75, 3.05) is 13.1 Å². The standard InChI is InChI=1S/C27H27N5O5/c1-17(2)37-27(36)29-16-15-28-26(35)18-11-13-19(14-12-18)32-25(21-8-4-6-10-23(21)34)30-24(31-32)20-7-3-5-9-22(20)33/h3-14,17,33-34H,15-16H2,1-2H3,(H,28,35)(H,29,36). The number of para-hydroxylation sites is 2. The molecule has 0 aliphatic heterocycles. The molecule has 2 amide bonds. The topological polar surface area (TPSA) is 139 Å². The summed E-state index contributed by atoms with van der Waals surface area (Å²) in [7, 11) is 0. The summed E-state index contributed by atoms with van der Waals surface area (Å²) < 4.78 is 6.52. The Hall–Kier alpha value is -4.86. The van der Waals surface area contributed by atoms with E-state index in [2.05, 4.69) is 20.7 Å². The number of carbonyl (C=O) groups excluding carboxylic acids is 2. The smallest absolute Gasteiger partial charge is 0.407 e. The Morgan fingerprint density at radius 3 is 2.08 bits per heavy atom. The maximum Gasteiger partial charge on any atom is 0.407 e. The SMILES string of the molecule is CC(C)OC(=O)NCCNC(=O)c1ccc(-n2nc(-c3ccccc3O)nc2-c2ccccc2O)cc1. The Morgan fingerprint density at radius 2 is 1.46 bits per heavy atom. The number of aromatic nitrogens is 3. The van der Waals surface area contributed by atoms with Crippen molar-refractivity contribution in [3.8, 4) is 40.0 Å². The summed E-state index contributed by atoms with van der Waals surface area (Å²) in [5, 5.41) is 30.6. The molecular formula is C27H27N5O5. The Morgan fingerprint density at radius 1 is 0.865 bits per heavy atom. The van der Waals surface area contributed by atoms with E-state index in [4.69, 9.17) is 4.74 Å². The fraction of sp³-hybridized carbons (Fsp3) is 0.185. The molecule has 190 valence electrons. The highest BCUT2D eigenvalue weighted by Crippen LogP contribution is 2.33. The van der Waals surface area contributed by atoms with Gasteiger partial charge in [0.1, 0.15) is 11.5 Å². The number of ether oxygens (including phenoxy) is 1. The van der Waals surface area contributed by atoms with Crippen LogP contribution in [0.5, 0.6) is 11.5 Å². The molecule has 4 rings (SSSR count). The van der Waals surface area contributed by atoms with Crippen LogP contribution < -0.4 is 10.6 Å². The van der Waals surface area contributed by atoms with Crippen LogP contribution in [0.25, 0.3) is 28.5 Å². The molecule has 37 heavy (non-hydrogen) atoms. The summed E-state index contributed by atoms with van der Waals surface area (Å²) in [5.74, 6) is 0.402. The van der Waals surface area contributed by atoms with Gasteiger partial charge in [0.2, 0.25) is 0 Å². The molecule has 1 aromatic heterocycles. The first-order valence-corrected chi connectivity index (χ1v) is 11.7. The summed E-state index contributed by atoms with van der Waals surface area (Å²) in [5.41, 5.74) is 1.92. The highest BCUT2D eigenvalue weighted by molar-refractivity contribution is 5.94. The number of rotatable bonds is 8. The number of benzene rings is 3. The van der Waals surface area contributed by atoms with Gasteiger partial charge in [-0.1, -0.05) is 24.3 Å². The number of hydrogen-bond donors (Lipinski definition) is 4. The summed E-state index contributed by atoms with van der Waals surface area (Å²) in [6.07, 6.45) is -0.760. The second kappa shape index (κ2) is 11.3. The zero-order valence-corrected chi connectivity index (χ0v) is 20.4. The molecule has 0 unspecified atom stereocenters. The van der Waals surface area contributed by atoms with E-state index in [-0.39, 0.29) is 42.4 Å². The van der Waals surface area contributed by atoms with Crippen molar-refractivity contribution in [3.05, 3.63) is 78.4 Å². The average Bonchev–Trinajstić information content (AvgIpc) is 3.31. The maximum absolute atomic E-state index is 12.5. The number of aromatic hydroxyl groups is 2. The minimum absolute atomic E-state index is 0.0295. The molecule has 10 heteroatoms. The first kappa shape index (κ1) is 25.2. The third-order valence-electron chi connectivity index (χ3n) is 5.29. The molecule has 3 aromatic carbocycles. The molecule has 4 aromatic rings. The molecule has 4 N–H and O–H groups in total. The third kappa shape index (κ3) is 6.04. The molecular weight excluding hydrogens is 474 g/mol. The molecule has 0 saturated carbocycles. The highest BCUT2D eigenvalue weighted by Gasteiger charge is 2.19. The Balaban J connectivity index is 1.55. The summed E-state index contributed by atoms with van der Waals surface area (Å²) >= 11 is 0. The Labute approximate surface area is 213 Å². The lowest BCUT2D eigenvalue weighted by molar-refractivity contribution is 0.0948. The monoisotopic (exact) mass is 501 g/mol. The maximum atomic E-state index is 12.5. The van der Waals surface area contributed by atoms with Gasteiger partial charge < -0.3 is 25.6 Å². The van der Waals surface area contributed by atoms with E-state index in [9.17, 15) is 19.8 Å². The number of nitrogens with zero attached hydrogens (tertiary/aromatic N) is 3.